The molecule has 0 aromatic heterocycles. The molecule has 168 valence electrons. The summed E-state index contributed by atoms with van der Waals surface area (Å²) in [6.07, 6.45) is 4.83. The molecular formula is C23H37N3O3S. The number of carbonyl (C=O) groups is 1. The molecule has 2 saturated heterocycles. The summed E-state index contributed by atoms with van der Waals surface area (Å²) < 4.78 is 28.7. The van der Waals surface area contributed by atoms with Crippen molar-refractivity contribution in [2.45, 2.75) is 77.7 Å². The van der Waals surface area contributed by atoms with Crippen molar-refractivity contribution in [3.8, 4) is 0 Å². The van der Waals surface area contributed by atoms with Crippen molar-refractivity contribution in [3.63, 3.8) is 0 Å². The summed E-state index contributed by atoms with van der Waals surface area (Å²) in [6.45, 7) is 13.8. The second-order valence-electron chi connectivity index (χ2n) is 8.96. The molecular weight excluding hydrogens is 398 g/mol. The van der Waals surface area contributed by atoms with E-state index >= 15 is 0 Å². The molecule has 1 N–H and O–H groups in total. The Morgan fingerprint density at radius 1 is 0.867 bits per heavy atom. The van der Waals surface area contributed by atoms with Crippen LogP contribution in [0.3, 0.4) is 0 Å². The quantitative estimate of drug-likeness (QED) is 0.746. The second-order valence-corrected chi connectivity index (χ2v) is 10.7. The van der Waals surface area contributed by atoms with E-state index in [2.05, 4.69) is 9.62 Å². The monoisotopic (exact) mass is 435 g/mol. The van der Waals surface area contributed by atoms with Crippen LogP contribution < -0.4 is 4.72 Å². The molecule has 1 aromatic rings. The van der Waals surface area contributed by atoms with Crippen LogP contribution in [0.5, 0.6) is 0 Å². The van der Waals surface area contributed by atoms with Crippen molar-refractivity contribution in [1.82, 2.24) is 14.5 Å². The molecule has 2 aliphatic rings. The van der Waals surface area contributed by atoms with E-state index in [1.165, 1.54) is 25.9 Å². The first-order chi connectivity index (χ1) is 14.1. The molecule has 2 heterocycles. The van der Waals surface area contributed by atoms with Crippen LogP contribution in [0.2, 0.25) is 0 Å². The average Bonchev–Trinajstić information content (AvgIpc) is 3.25. The van der Waals surface area contributed by atoms with Crippen LogP contribution in [-0.2, 0) is 14.8 Å². The van der Waals surface area contributed by atoms with Gasteiger partial charge in [-0.15, -0.1) is 0 Å². The third-order valence-corrected chi connectivity index (χ3v) is 9.04. The fourth-order valence-corrected chi connectivity index (χ4v) is 6.61. The Kier molecular flexibility index (Phi) is 7.25. The summed E-state index contributed by atoms with van der Waals surface area (Å²) in [5.41, 5.74) is 4.74. The molecule has 1 aromatic carbocycles. The minimum atomic E-state index is -3.66. The second kappa shape index (κ2) is 9.37. The molecule has 0 radical (unpaired) electrons. The first kappa shape index (κ1) is 23.2. The summed E-state index contributed by atoms with van der Waals surface area (Å²) >= 11 is 0. The highest BCUT2D eigenvalue weighted by atomic mass is 32.2. The minimum absolute atomic E-state index is 0.0438. The molecule has 7 heteroatoms. The van der Waals surface area contributed by atoms with Gasteiger partial charge in [0.15, 0.2) is 0 Å². The maximum absolute atomic E-state index is 13.0. The molecule has 0 atom stereocenters. The lowest BCUT2D eigenvalue weighted by Gasteiger charge is -2.36. The van der Waals surface area contributed by atoms with Crippen LogP contribution in [0.15, 0.2) is 4.90 Å². The highest BCUT2D eigenvalue weighted by molar-refractivity contribution is 7.89. The Bertz CT molecular complexity index is 868. The van der Waals surface area contributed by atoms with Crippen molar-refractivity contribution in [3.05, 3.63) is 27.8 Å². The molecule has 3 rings (SSSR count). The van der Waals surface area contributed by atoms with E-state index < -0.39 is 10.0 Å². The van der Waals surface area contributed by atoms with E-state index in [0.717, 1.165) is 53.7 Å². The van der Waals surface area contributed by atoms with Crippen molar-refractivity contribution in [2.24, 2.45) is 0 Å². The van der Waals surface area contributed by atoms with Crippen LogP contribution in [0.4, 0.5) is 0 Å². The highest BCUT2D eigenvalue weighted by Crippen LogP contribution is 2.29. The lowest BCUT2D eigenvalue weighted by molar-refractivity contribution is -0.132. The molecule has 0 unspecified atom stereocenters. The standard InChI is InChI=1S/C23H37N3O3S/c1-16-17(2)19(4)23(20(5)18(16)3)30(28,29)24-11-8-22(27)26-14-9-21(10-15-26)25-12-6-7-13-25/h21,24H,6-15H2,1-5H3. The number of likely N-dealkylation sites (tertiary alicyclic amines) is 2. The molecule has 0 bridgehead atoms. The van der Waals surface area contributed by atoms with Crippen LogP contribution in [0.1, 0.15) is 59.9 Å². The fourth-order valence-electron chi connectivity index (χ4n) is 4.98. The number of benzene rings is 1. The Morgan fingerprint density at radius 2 is 1.37 bits per heavy atom. The Morgan fingerprint density at radius 3 is 1.90 bits per heavy atom. The summed E-state index contributed by atoms with van der Waals surface area (Å²) in [5.74, 6) is 0.0438. The van der Waals surface area contributed by atoms with E-state index in [1.54, 1.807) is 0 Å². The van der Waals surface area contributed by atoms with Crippen molar-refractivity contribution >= 4 is 15.9 Å². The lowest BCUT2D eigenvalue weighted by atomic mass is 9.95. The third kappa shape index (κ3) is 4.73. The van der Waals surface area contributed by atoms with Crippen molar-refractivity contribution < 1.29 is 13.2 Å². The van der Waals surface area contributed by atoms with E-state index in [9.17, 15) is 13.2 Å². The summed E-state index contributed by atoms with van der Waals surface area (Å²) in [6, 6.07) is 0.606. The molecule has 0 aliphatic carbocycles. The molecule has 1 amide bonds. The number of piperidine rings is 1. The van der Waals surface area contributed by atoms with E-state index in [-0.39, 0.29) is 18.9 Å². The zero-order chi connectivity index (χ0) is 22.1. The van der Waals surface area contributed by atoms with Gasteiger partial charge in [-0.05, 0) is 101 Å². The number of sulfonamides is 1. The summed E-state index contributed by atoms with van der Waals surface area (Å²) in [7, 11) is -3.66. The number of nitrogens with one attached hydrogen (secondary N) is 1. The predicted molar refractivity (Wildman–Crippen MR) is 120 cm³/mol. The maximum Gasteiger partial charge on any atom is 0.241 e. The highest BCUT2D eigenvalue weighted by Gasteiger charge is 2.28. The molecule has 2 fully saturated rings. The maximum atomic E-state index is 13.0. The molecule has 6 nitrogen and oxygen atoms in total. The molecule has 0 spiro atoms. The molecule has 0 saturated carbocycles. The fraction of sp³-hybridized carbons (Fsp3) is 0.696. The van der Waals surface area contributed by atoms with Crippen molar-refractivity contribution in [2.75, 3.05) is 32.7 Å². The van der Waals surface area contributed by atoms with Gasteiger partial charge in [-0.3, -0.25) is 4.79 Å². The van der Waals surface area contributed by atoms with Crippen LogP contribution in [-0.4, -0.2) is 62.9 Å². The Balaban J connectivity index is 1.55. The van der Waals surface area contributed by atoms with Crippen LogP contribution >= 0.6 is 0 Å². The normalized spacial score (nSPS) is 18.9. The number of rotatable bonds is 6. The third-order valence-electron chi connectivity index (χ3n) is 7.31. The van der Waals surface area contributed by atoms with E-state index in [4.69, 9.17) is 0 Å². The SMILES string of the molecule is Cc1c(C)c(C)c(S(=O)(=O)NCCC(=O)N2CCC(N3CCCC3)CC2)c(C)c1C. The largest absolute Gasteiger partial charge is 0.343 e. The average molecular weight is 436 g/mol. The summed E-state index contributed by atoms with van der Waals surface area (Å²) in [4.78, 5) is 17.4. The van der Waals surface area contributed by atoms with Gasteiger partial charge in [0, 0.05) is 32.1 Å². The zero-order valence-corrected chi connectivity index (χ0v) is 20.0. The number of carbonyl (C=O) groups excluding carboxylic acids is 1. The topological polar surface area (TPSA) is 69.7 Å². The predicted octanol–water partition coefficient (Wildman–Crippen LogP) is 2.98. The molecule has 30 heavy (non-hydrogen) atoms. The van der Waals surface area contributed by atoms with Gasteiger partial charge in [-0.1, -0.05) is 0 Å². The number of nitrogens with zero attached hydrogens (tertiary/aromatic N) is 2. The number of amides is 1. The number of hydrogen-bond acceptors (Lipinski definition) is 4. The Labute approximate surface area is 182 Å². The Hall–Kier alpha value is -1.44. The minimum Gasteiger partial charge on any atom is -0.343 e. The van der Waals surface area contributed by atoms with Gasteiger partial charge in [-0.2, -0.15) is 0 Å². The van der Waals surface area contributed by atoms with Gasteiger partial charge < -0.3 is 9.80 Å². The first-order valence-electron chi connectivity index (χ1n) is 11.2. The van der Waals surface area contributed by atoms with Crippen molar-refractivity contribution in [1.29, 1.82) is 0 Å². The van der Waals surface area contributed by atoms with Crippen LogP contribution in [0, 0.1) is 34.6 Å². The first-order valence-corrected chi connectivity index (χ1v) is 12.7. The van der Waals surface area contributed by atoms with Gasteiger partial charge in [0.2, 0.25) is 15.9 Å². The van der Waals surface area contributed by atoms with Gasteiger partial charge >= 0.3 is 0 Å². The van der Waals surface area contributed by atoms with E-state index in [1.807, 2.05) is 39.5 Å². The van der Waals surface area contributed by atoms with Gasteiger partial charge in [-0.25, -0.2) is 13.1 Å². The van der Waals surface area contributed by atoms with Gasteiger partial charge in [0.1, 0.15) is 0 Å². The zero-order valence-electron chi connectivity index (χ0n) is 19.2. The number of hydrogen-bond donors (Lipinski definition) is 1. The molecule has 2 aliphatic heterocycles. The summed E-state index contributed by atoms with van der Waals surface area (Å²) in [5, 5.41) is 0. The lowest BCUT2D eigenvalue weighted by Crippen LogP contribution is -2.46. The van der Waals surface area contributed by atoms with Gasteiger partial charge in [0.25, 0.3) is 0 Å². The van der Waals surface area contributed by atoms with E-state index in [0.29, 0.717) is 10.9 Å². The van der Waals surface area contributed by atoms with Gasteiger partial charge in [0.05, 0.1) is 4.90 Å². The van der Waals surface area contributed by atoms with Crippen LogP contribution in [0.25, 0.3) is 0 Å². The smallest absolute Gasteiger partial charge is 0.241 e.